The number of halogens is 1. The van der Waals surface area contributed by atoms with E-state index in [4.69, 9.17) is 4.74 Å². The average Bonchev–Trinajstić information content (AvgIpc) is 2.42. The summed E-state index contributed by atoms with van der Waals surface area (Å²) in [4.78, 5) is 22.0. The van der Waals surface area contributed by atoms with E-state index in [2.05, 4.69) is 5.32 Å². The Morgan fingerprint density at radius 2 is 1.95 bits per heavy atom. The molecule has 5 heteroatoms. The Morgan fingerprint density at radius 1 is 1.20 bits per heavy atom. The zero-order chi connectivity index (χ0) is 14.5. The molecule has 0 aromatic heterocycles. The molecule has 102 valence electrons. The van der Waals surface area contributed by atoms with Crippen LogP contribution in [0.25, 0.3) is 0 Å². The van der Waals surface area contributed by atoms with Gasteiger partial charge in [-0.15, -0.1) is 0 Å². The lowest BCUT2D eigenvalue weighted by Crippen LogP contribution is -2.07. The summed E-state index contributed by atoms with van der Waals surface area (Å²) in [6.07, 6.45) is 0.513. The Kier molecular flexibility index (Phi) is 4.10. The molecule has 0 unspecified atom stereocenters. The Hall–Kier alpha value is -2.69. The smallest absolute Gasteiger partial charge is 0.221 e. The summed E-state index contributed by atoms with van der Waals surface area (Å²) in [5.74, 6) is -0.165. The fraction of sp³-hybridized carbons (Fsp3) is 0.0667. The van der Waals surface area contributed by atoms with E-state index in [-0.39, 0.29) is 17.2 Å². The molecule has 2 aromatic carbocycles. The molecule has 1 N–H and O–H groups in total. The molecule has 0 heterocycles. The van der Waals surface area contributed by atoms with Crippen LogP contribution in [0, 0.1) is 5.82 Å². The van der Waals surface area contributed by atoms with Crippen LogP contribution in [0.5, 0.6) is 11.5 Å². The molecule has 0 bridgehead atoms. The number of amides is 1. The van der Waals surface area contributed by atoms with Gasteiger partial charge in [0.2, 0.25) is 5.91 Å². The lowest BCUT2D eigenvalue weighted by atomic mass is 10.2. The van der Waals surface area contributed by atoms with Crippen LogP contribution < -0.4 is 10.1 Å². The first-order chi connectivity index (χ1) is 9.60. The first kappa shape index (κ1) is 13.7. The number of para-hydroxylation sites is 2. The number of carbonyl (C=O) groups excluding carboxylic acids is 2. The highest BCUT2D eigenvalue weighted by Crippen LogP contribution is 2.31. The third-order valence-corrected chi connectivity index (χ3v) is 2.52. The van der Waals surface area contributed by atoms with Crippen LogP contribution in [0.1, 0.15) is 17.3 Å². The maximum absolute atomic E-state index is 13.1. The summed E-state index contributed by atoms with van der Waals surface area (Å²) >= 11 is 0. The first-order valence-electron chi connectivity index (χ1n) is 5.89. The highest BCUT2D eigenvalue weighted by molar-refractivity contribution is 5.90. The molecule has 0 saturated heterocycles. The molecule has 20 heavy (non-hydrogen) atoms. The molecule has 0 radical (unpaired) electrons. The topological polar surface area (TPSA) is 55.4 Å². The average molecular weight is 273 g/mol. The van der Waals surface area contributed by atoms with Crippen molar-refractivity contribution in [3.63, 3.8) is 0 Å². The molecule has 0 aliphatic rings. The van der Waals surface area contributed by atoms with Crippen molar-refractivity contribution in [1.29, 1.82) is 0 Å². The minimum Gasteiger partial charge on any atom is -0.454 e. The fourth-order valence-corrected chi connectivity index (χ4v) is 1.67. The van der Waals surface area contributed by atoms with Gasteiger partial charge in [0, 0.05) is 6.92 Å². The minimum absolute atomic E-state index is 0.0997. The summed E-state index contributed by atoms with van der Waals surface area (Å²) in [6.45, 7) is 1.38. The van der Waals surface area contributed by atoms with E-state index in [9.17, 15) is 14.0 Å². The zero-order valence-corrected chi connectivity index (χ0v) is 10.7. The Balaban J connectivity index is 2.35. The molecular weight excluding hydrogens is 261 g/mol. The van der Waals surface area contributed by atoms with E-state index in [0.29, 0.717) is 17.7 Å². The highest BCUT2D eigenvalue weighted by atomic mass is 19.1. The van der Waals surface area contributed by atoms with Crippen LogP contribution in [0.4, 0.5) is 10.1 Å². The van der Waals surface area contributed by atoms with Gasteiger partial charge in [0.05, 0.1) is 11.3 Å². The predicted octanol–water partition coefficient (Wildman–Crippen LogP) is 3.39. The molecule has 0 aliphatic heterocycles. The van der Waals surface area contributed by atoms with Gasteiger partial charge in [-0.25, -0.2) is 4.39 Å². The van der Waals surface area contributed by atoms with Crippen molar-refractivity contribution in [2.75, 3.05) is 5.32 Å². The van der Waals surface area contributed by atoms with Crippen molar-refractivity contribution in [1.82, 2.24) is 0 Å². The Bertz CT molecular complexity index is 655. The van der Waals surface area contributed by atoms with Gasteiger partial charge in [-0.2, -0.15) is 0 Å². The quantitative estimate of drug-likeness (QED) is 0.869. The number of hydrogen-bond acceptors (Lipinski definition) is 3. The molecule has 4 nitrogen and oxygen atoms in total. The van der Waals surface area contributed by atoms with E-state index >= 15 is 0 Å². The molecule has 2 aromatic rings. The van der Waals surface area contributed by atoms with Gasteiger partial charge in [0.25, 0.3) is 0 Å². The van der Waals surface area contributed by atoms with Gasteiger partial charge in [0.1, 0.15) is 11.6 Å². The minimum atomic E-state index is -0.519. The summed E-state index contributed by atoms with van der Waals surface area (Å²) in [5, 5.41) is 2.62. The summed E-state index contributed by atoms with van der Waals surface area (Å²) < 4.78 is 18.6. The molecule has 1 amide bonds. The van der Waals surface area contributed by atoms with E-state index in [1.165, 1.54) is 19.1 Å². The van der Waals surface area contributed by atoms with Crippen LogP contribution in [-0.4, -0.2) is 12.2 Å². The van der Waals surface area contributed by atoms with Crippen molar-refractivity contribution < 1.29 is 18.7 Å². The predicted molar refractivity (Wildman–Crippen MR) is 72.6 cm³/mol. The fourth-order valence-electron chi connectivity index (χ4n) is 1.67. The molecule has 0 aliphatic carbocycles. The van der Waals surface area contributed by atoms with Crippen LogP contribution in [0.2, 0.25) is 0 Å². The molecule has 0 atom stereocenters. The molecule has 0 spiro atoms. The summed E-state index contributed by atoms with van der Waals surface area (Å²) in [6, 6.07) is 10.4. The second-order valence-electron chi connectivity index (χ2n) is 4.08. The van der Waals surface area contributed by atoms with Gasteiger partial charge < -0.3 is 10.1 Å². The van der Waals surface area contributed by atoms with Crippen LogP contribution in [-0.2, 0) is 4.79 Å². The molecule has 0 fully saturated rings. The van der Waals surface area contributed by atoms with Crippen LogP contribution in [0.3, 0.4) is 0 Å². The standard InChI is InChI=1S/C15H12FNO3/c1-10(19)17-13-4-2-3-5-15(13)20-14-7-6-12(16)8-11(14)9-18/h2-9H,1H3,(H,17,19). The number of aldehydes is 1. The maximum atomic E-state index is 13.1. The number of rotatable bonds is 4. The second-order valence-corrected chi connectivity index (χ2v) is 4.08. The third kappa shape index (κ3) is 3.20. The Morgan fingerprint density at radius 3 is 2.65 bits per heavy atom. The Labute approximate surface area is 115 Å². The van der Waals surface area contributed by atoms with E-state index < -0.39 is 5.82 Å². The monoisotopic (exact) mass is 273 g/mol. The first-order valence-corrected chi connectivity index (χ1v) is 5.89. The molecule has 0 saturated carbocycles. The van der Waals surface area contributed by atoms with E-state index in [0.717, 1.165) is 6.07 Å². The summed E-state index contributed by atoms with van der Waals surface area (Å²) in [7, 11) is 0. The lowest BCUT2D eigenvalue weighted by molar-refractivity contribution is -0.114. The SMILES string of the molecule is CC(=O)Nc1ccccc1Oc1ccc(F)cc1C=O. The number of ether oxygens (including phenoxy) is 1. The number of nitrogens with one attached hydrogen (secondary N) is 1. The van der Waals surface area contributed by atoms with Gasteiger partial charge in [-0.1, -0.05) is 12.1 Å². The lowest BCUT2D eigenvalue weighted by Gasteiger charge is -2.12. The zero-order valence-electron chi connectivity index (χ0n) is 10.7. The van der Waals surface area contributed by atoms with E-state index in [1.54, 1.807) is 24.3 Å². The van der Waals surface area contributed by atoms with Crippen molar-refractivity contribution in [2.45, 2.75) is 6.92 Å². The highest BCUT2D eigenvalue weighted by Gasteiger charge is 2.09. The normalized spacial score (nSPS) is 9.90. The van der Waals surface area contributed by atoms with Crippen molar-refractivity contribution in [3.05, 3.63) is 53.8 Å². The van der Waals surface area contributed by atoms with Crippen molar-refractivity contribution in [3.8, 4) is 11.5 Å². The van der Waals surface area contributed by atoms with Crippen molar-refractivity contribution in [2.24, 2.45) is 0 Å². The number of hydrogen-bond donors (Lipinski definition) is 1. The van der Waals surface area contributed by atoms with Gasteiger partial charge in [-0.3, -0.25) is 9.59 Å². The van der Waals surface area contributed by atoms with Crippen molar-refractivity contribution >= 4 is 17.9 Å². The van der Waals surface area contributed by atoms with E-state index in [1.807, 2.05) is 0 Å². The largest absolute Gasteiger partial charge is 0.454 e. The molecule has 2 rings (SSSR count). The van der Waals surface area contributed by atoms with Crippen LogP contribution in [0.15, 0.2) is 42.5 Å². The van der Waals surface area contributed by atoms with Gasteiger partial charge in [0.15, 0.2) is 12.0 Å². The number of benzene rings is 2. The molecular formula is C15H12FNO3. The summed E-state index contributed by atoms with van der Waals surface area (Å²) in [5.41, 5.74) is 0.573. The number of anilines is 1. The van der Waals surface area contributed by atoms with Gasteiger partial charge in [-0.05, 0) is 30.3 Å². The van der Waals surface area contributed by atoms with Crippen LogP contribution >= 0.6 is 0 Å². The third-order valence-electron chi connectivity index (χ3n) is 2.52. The number of carbonyl (C=O) groups is 2. The maximum Gasteiger partial charge on any atom is 0.221 e. The van der Waals surface area contributed by atoms with Gasteiger partial charge >= 0.3 is 0 Å². The second kappa shape index (κ2) is 5.97.